The first-order valence-electron chi connectivity index (χ1n) is 15.8. The number of hydrogen-bond donors (Lipinski definition) is 0. The number of rotatable bonds is 3. The van der Waals surface area contributed by atoms with Crippen LogP contribution in [0.15, 0.2) is 156 Å². The van der Waals surface area contributed by atoms with Gasteiger partial charge < -0.3 is 13.6 Å². The molecule has 7 aromatic carbocycles. The molecule has 4 nitrogen and oxygen atoms in total. The zero-order chi connectivity index (χ0) is 31.1. The lowest BCUT2D eigenvalue weighted by Crippen LogP contribution is -1.98. The first-order valence-corrected chi connectivity index (χ1v) is 15.8. The monoisotopic (exact) mass is 599 g/mol. The van der Waals surface area contributed by atoms with E-state index in [0.29, 0.717) is 5.56 Å². The van der Waals surface area contributed by atoms with Crippen molar-refractivity contribution in [1.29, 1.82) is 5.26 Å². The summed E-state index contributed by atoms with van der Waals surface area (Å²) < 4.78 is 11.2. The topological polar surface area (TPSA) is 46.8 Å². The molecule has 10 rings (SSSR count). The number of nitrogens with zero attached hydrogens (tertiary/aromatic N) is 3. The second kappa shape index (κ2) is 9.71. The second-order valence-corrected chi connectivity index (χ2v) is 12.1. The quantitative estimate of drug-likeness (QED) is 0.203. The molecular formula is C43H25N3O. The van der Waals surface area contributed by atoms with Crippen LogP contribution in [0.4, 0.5) is 0 Å². The molecule has 0 saturated carbocycles. The van der Waals surface area contributed by atoms with Crippen LogP contribution in [-0.2, 0) is 0 Å². The molecule has 3 aromatic heterocycles. The molecule has 0 amide bonds. The summed E-state index contributed by atoms with van der Waals surface area (Å²) in [6.07, 6.45) is 0. The zero-order valence-corrected chi connectivity index (χ0v) is 25.2. The highest BCUT2D eigenvalue weighted by molar-refractivity contribution is 6.24. The van der Waals surface area contributed by atoms with Gasteiger partial charge in [-0.2, -0.15) is 5.26 Å². The average Bonchev–Trinajstić information content (AvgIpc) is 3.79. The molecular weight excluding hydrogens is 574 g/mol. The van der Waals surface area contributed by atoms with Crippen LogP contribution in [0.25, 0.3) is 88.1 Å². The second-order valence-electron chi connectivity index (χ2n) is 12.1. The Morgan fingerprint density at radius 2 is 1.17 bits per heavy atom. The minimum absolute atomic E-state index is 0.622. The molecule has 218 valence electrons. The lowest BCUT2D eigenvalue weighted by molar-refractivity contribution is 0.673. The van der Waals surface area contributed by atoms with Crippen molar-refractivity contribution in [2.75, 3.05) is 0 Å². The highest BCUT2D eigenvalue weighted by Gasteiger charge is 2.21. The Labute approximate surface area is 269 Å². The number of furan rings is 1. The highest BCUT2D eigenvalue weighted by atomic mass is 16.3. The predicted molar refractivity (Wildman–Crippen MR) is 193 cm³/mol. The van der Waals surface area contributed by atoms with E-state index >= 15 is 0 Å². The minimum atomic E-state index is 0.622. The van der Waals surface area contributed by atoms with Gasteiger partial charge in [-0.15, -0.1) is 0 Å². The van der Waals surface area contributed by atoms with Gasteiger partial charge in [0.15, 0.2) is 0 Å². The van der Waals surface area contributed by atoms with Gasteiger partial charge >= 0.3 is 0 Å². The Kier molecular flexibility index (Phi) is 5.32. The van der Waals surface area contributed by atoms with Crippen molar-refractivity contribution in [3.63, 3.8) is 0 Å². The van der Waals surface area contributed by atoms with Crippen molar-refractivity contribution < 1.29 is 4.42 Å². The fraction of sp³-hybridized carbons (Fsp3) is 0. The maximum atomic E-state index is 10.0. The number of aromatic nitrogens is 2. The van der Waals surface area contributed by atoms with E-state index in [1.165, 1.54) is 10.8 Å². The smallest absolute Gasteiger partial charge is 0.145 e. The van der Waals surface area contributed by atoms with Crippen LogP contribution in [0.1, 0.15) is 5.56 Å². The van der Waals surface area contributed by atoms with Gasteiger partial charge in [0.25, 0.3) is 0 Å². The lowest BCUT2D eigenvalue weighted by Gasteiger charge is -2.15. The molecule has 0 aliphatic carbocycles. The van der Waals surface area contributed by atoms with Crippen molar-refractivity contribution in [2.24, 2.45) is 0 Å². The van der Waals surface area contributed by atoms with Crippen molar-refractivity contribution in [2.45, 2.75) is 0 Å². The molecule has 47 heavy (non-hydrogen) atoms. The Morgan fingerprint density at radius 3 is 1.94 bits per heavy atom. The highest BCUT2D eigenvalue weighted by Crippen LogP contribution is 2.43. The van der Waals surface area contributed by atoms with E-state index in [9.17, 15) is 5.26 Å². The third kappa shape index (κ3) is 3.63. The molecule has 0 bridgehead atoms. The number of fused-ring (bicyclic) bond motifs is 10. The Morgan fingerprint density at radius 1 is 0.489 bits per heavy atom. The summed E-state index contributed by atoms with van der Waals surface area (Å²) in [6.45, 7) is 0. The molecule has 0 fully saturated rings. The minimum Gasteiger partial charge on any atom is -0.455 e. The standard InChI is InChI=1S/C43H25N3O/c44-26-27-18-22-38(46-36-15-7-4-12-30(36)31-13-5-8-16-37(31)46)35(24-27)28-19-20-34-40(25-28)45(29-10-2-1-3-11-29)39-23-21-33-32-14-6-9-17-41(32)47-43(33)42(34)39/h1-25H. The summed E-state index contributed by atoms with van der Waals surface area (Å²) in [5.74, 6) is 0. The number of para-hydroxylation sites is 4. The number of benzene rings is 7. The molecule has 0 spiro atoms. The fourth-order valence-corrected chi connectivity index (χ4v) is 7.52. The summed E-state index contributed by atoms with van der Waals surface area (Å²) in [6, 6.07) is 55.3. The van der Waals surface area contributed by atoms with Crippen molar-refractivity contribution >= 4 is 65.6 Å². The third-order valence-corrected chi connectivity index (χ3v) is 9.55. The van der Waals surface area contributed by atoms with E-state index in [0.717, 1.165) is 77.3 Å². The van der Waals surface area contributed by atoms with Crippen molar-refractivity contribution in [3.05, 3.63) is 157 Å². The van der Waals surface area contributed by atoms with Crippen LogP contribution in [-0.4, -0.2) is 9.13 Å². The Balaban J connectivity index is 1.31. The average molecular weight is 600 g/mol. The maximum absolute atomic E-state index is 10.0. The first kappa shape index (κ1) is 25.7. The Hall–Kier alpha value is -6.57. The van der Waals surface area contributed by atoms with Crippen LogP contribution >= 0.6 is 0 Å². The molecule has 0 aliphatic rings. The van der Waals surface area contributed by atoms with E-state index in [2.05, 4.69) is 137 Å². The van der Waals surface area contributed by atoms with E-state index in [1.54, 1.807) is 0 Å². The van der Waals surface area contributed by atoms with E-state index in [4.69, 9.17) is 4.42 Å². The van der Waals surface area contributed by atoms with E-state index < -0.39 is 0 Å². The van der Waals surface area contributed by atoms with Gasteiger partial charge in [-0.3, -0.25) is 0 Å². The first-order chi connectivity index (χ1) is 23.3. The van der Waals surface area contributed by atoms with E-state index in [1.807, 2.05) is 30.3 Å². The molecule has 0 radical (unpaired) electrons. The maximum Gasteiger partial charge on any atom is 0.145 e. The van der Waals surface area contributed by atoms with Gasteiger partial charge in [-0.1, -0.05) is 84.9 Å². The van der Waals surface area contributed by atoms with E-state index in [-0.39, 0.29) is 0 Å². The van der Waals surface area contributed by atoms with Gasteiger partial charge in [0.05, 0.1) is 44.8 Å². The van der Waals surface area contributed by atoms with Gasteiger partial charge in [-0.05, 0) is 72.3 Å². The van der Waals surface area contributed by atoms with Gasteiger partial charge in [-0.25, -0.2) is 0 Å². The molecule has 3 heterocycles. The molecule has 0 unspecified atom stereocenters. The summed E-state index contributed by atoms with van der Waals surface area (Å²) >= 11 is 0. The van der Waals surface area contributed by atoms with Crippen LogP contribution < -0.4 is 0 Å². The van der Waals surface area contributed by atoms with Crippen molar-refractivity contribution in [3.8, 4) is 28.6 Å². The molecule has 0 N–H and O–H groups in total. The van der Waals surface area contributed by atoms with Gasteiger partial charge in [0, 0.05) is 38.2 Å². The third-order valence-electron chi connectivity index (χ3n) is 9.55. The van der Waals surface area contributed by atoms with Crippen LogP contribution in [0.2, 0.25) is 0 Å². The molecule has 0 atom stereocenters. The van der Waals surface area contributed by atoms with Crippen molar-refractivity contribution in [1.82, 2.24) is 9.13 Å². The number of hydrogen-bond acceptors (Lipinski definition) is 2. The summed E-state index contributed by atoms with van der Waals surface area (Å²) in [4.78, 5) is 0. The summed E-state index contributed by atoms with van der Waals surface area (Å²) in [7, 11) is 0. The SMILES string of the molecule is N#Cc1ccc(-n2c3ccccc3c3ccccc32)c(-c2ccc3c4c5oc6ccccc6c5ccc4n(-c4ccccc4)c3c2)c1. The van der Waals surface area contributed by atoms with Crippen LogP contribution in [0.5, 0.6) is 0 Å². The zero-order valence-electron chi connectivity index (χ0n) is 25.2. The summed E-state index contributed by atoms with van der Waals surface area (Å²) in [5, 5.41) is 16.9. The van der Waals surface area contributed by atoms with Crippen LogP contribution in [0.3, 0.4) is 0 Å². The number of nitriles is 1. The molecule has 0 saturated heterocycles. The largest absolute Gasteiger partial charge is 0.455 e. The summed E-state index contributed by atoms with van der Waals surface area (Å²) in [5.41, 5.74) is 11.0. The predicted octanol–water partition coefficient (Wildman–Crippen LogP) is 11.3. The Bertz CT molecular complexity index is 2860. The normalized spacial score (nSPS) is 11.8. The molecule has 0 aliphatic heterocycles. The lowest BCUT2D eigenvalue weighted by atomic mass is 9.99. The van der Waals surface area contributed by atoms with Gasteiger partial charge in [0.1, 0.15) is 11.2 Å². The fourth-order valence-electron chi connectivity index (χ4n) is 7.52. The van der Waals surface area contributed by atoms with Crippen LogP contribution in [0, 0.1) is 11.3 Å². The van der Waals surface area contributed by atoms with Gasteiger partial charge in [0.2, 0.25) is 0 Å². The molecule has 10 aromatic rings. The molecule has 4 heteroatoms.